The zero-order valence-corrected chi connectivity index (χ0v) is 8.71. The number of nitrogen functional groups attached to an aromatic ring is 1. The first-order valence-corrected chi connectivity index (χ1v) is 4.84. The molecule has 0 aliphatic carbocycles. The molecule has 2 aromatic rings. The van der Waals surface area contributed by atoms with Gasteiger partial charge in [0.1, 0.15) is 11.6 Å². The lowest BCUT2D eigenvalue weighted by Crippen LogP contribution is -2.11. The van der Waals surface area contributed by atoms with Gasteiger partial charge in [0.25, 0.3) is 0 Å². The van der Waals surface area contributed by atoms with Crippen molar-refractivity contribution in [2.45, 2.75) is 6.42 Å². The summed E-state index contributed by atoms with van der Waals surface area (Å²) in [4.78, 5) is 18.2. The van der Waals surface area contributed by atoms with Crippen LogP contribution in [-0.2, 0) is 6.42 Å². The number of nitrogens with one attached hydrogen (secondary N) is 1. The van der Waals surface area contributed by atoms with E-state index in [0.29, 0.717) is 5.82 Å². The van der Waals surface area contributed by atoms with Gasteiger partial charge >= 0.3 is 0 Å². The summed E-state index contributed by atoms with van der Waals surface area (Å²) in [5, 5.41) is 0. The first-order chi connectivity index (χ1) is 8.09. The van der Waals surface area contributed by atoms with Crippen molar-refractivity contribution in [3.8, 4) is 0 Å². The molecule has 0 bridgehead atoms. The molecule has 88 valence electrons. The minimum absolute atomic E-state index is 0.204. The molecular weight excluding hydrogens is 228 g/mol. The van der Waals surface area contributed by atoms with Gasteiger partial charge in [-0.1, -0.05) is 0 Å². The second kappa shape index (κ2) is 4.32. The summed E-state index contributed by atoms with van der Waals surface area (Å²) in [6.45, 7) is 0. The standard InChI is InChI=1S/C11H9F2N3O/c12-6-1-2-7(14)11(13)10(6)8(17)5-9-15-3-4-16-9/h1-4H,5,14H2,(H,15,16). The summed E-state index contributed by atoms with van der Waals surface area (Å²) in [5.41, 5.74) is 4.40. The number of aromatic nitrogens is 2. The number of benzene rings is 1. The molecule has 2 rings (SSSR count). The van der Waals surface area contributed by atoms with Crippen LogP contribution in [0.25, 0.3) is 0 Å². The van der Waals surface area contributed by atoms with E-state index >= 15 is 0 Å². The van der Waals surface area contributed by atoms with Crippen LogP contribution in [0.5, 0.6) is 0 Å². The number of ketones is 1. The molecule has 0 aliphatic rings. The molecule has 0 aliphatic heterocycles. The molecule has 0 spiro atoms. The smallest absolute Gasteiger partial charge is 0.176 e. The summed E-state index contributed by atoms with van der Waals surface area (Å²) < 4.78 is 26.9. The molecule has 1 aromatic carbocycles. The number of carbonyl (C=O) groups excluding carboxylic acids is 1. The number of imidazole rings is 1. The minimum atomic E-state index is -1.03. The number of aromatic amines is 1. The van der Waals surface area contributed by atoms with Crippen molar-refractivity contribution in [3.05, 3.63) is 47.5 Å². The number of H-pyrrole nitrogens is 1. The highest BCUT2D eigenvalue weighted by Crippen LogP contribution is 2.19. The van der Waals surface area contributed by atoms with Gasteiger partial charge in [0, 0.05) is 12.4 Å². The van der Waals surface area contributed by atoms with Crippen LogP contribution in [0.2, 0.25) is 0 Å². The normalized spacial score (nSPS) is 10.5. The summed E-state index contributed by atoms with van der Waals surface area (Å²) in [5.74, 6) is -2.31. The van der Waals surface area contributed by atoms with E-state index in [1.165, 1.54) is 12.4 Å². The van der Waals surface area contributed by atoms with Crippen LogP contribution >= 0.6 is 0 Å². The lowest BCUT2D eigenvalue weighted by atomic mass is 10.1. The average Bonchev–Trinajstić information content (AvgIpc) is 2.77. The topological polar surface area (TPSA) is 71.8 Å². The molecule has 0 saturated carbocycles. The first-order valence-electron chi connectivity index (χ1n) is 4.84. The van der Waals surface area contributed by atoms with E-state index in [-0.39, 0.29) is 12.1 Å². The minimum Gasteiger partial charge on any atom is -0.396 e. The van der Waals surface area contributed by atoms with Gasteiger partial charge in [0.05, 0.1) is 17.7 Å². The maximum Gasteiger partial charge on any atom is 0.176 e. The molecule has 3 N–H and O–H groups in total. The Balaban J connectivity index is 2.34. The molecule has 0 amide bonds. The molecule has 0 radical (unpaired) electrons. The fraction of sp³-hybridized carbons (Fsp3) is 0.0909. The van der Waals surface area contributed by atoms with Crippen molar-refractivity contribution in [1.82, 2.24) is 9.97 Å². The largest absolute Gasteiger partial charge is 0.396 e. The number of carbonyl (C=O) groups is 1. The highest BCUT2D eigenvalue weighted by Gasteiger charge is 2.20. The summed E-state index contributed by atoms with van der Waals surface area (Å²) in [7, 11) is 0. The predicted octanol–water partition coefficient (Wildman–Crippen LogP) is 1.70. The molecular formula is C11H9F2N3O. The van der Waals surface area contributed by atoms with E-state index in [4.69, 9.17) is 5.73 Å². The Morgan fingerprint density at radius 1 is 1.41 bits per heavy atom. The van der Waals surface area contributed by atoms with Crippen LogP contribution in [-0.4, -0.2) is 15.8 Å². The zero-order valence-electron chi connectivity index (χ0n) is 8.71. The van der Waals surface area contributed by atoms with Gasteiger partial charge in [-0.3, -0.25) is 4.79 Å². The van der Waals surface area contributed by atoms with Crippen molar-refractivity contribution in [2.24, 2.45) is 0 Å². The van der Waals surface area contributed by atoms with E-state index in [2.05, 4.69) is 9.97 Å². The quantitative estimate of drug-likeness (QED) is 0.630. The lowest BCUT2D eigenvalue weighted by molar-refractivity contribution is 0.0983. The molecule has 1 heterocycles. The van der Waals surface area contributed by atoms with Gasteiger partial charge in [0.15, 0.2) is 11.6 Å². The number of anilines is 1. The second-order valence-electron chi connectivity index (χ2n) is 3.46. The van der Waals surface area contributed by atoms with Gasteiger partial charge in [0.2, 0.25) is 0 Å². The van der Waals surface area contributed by atoms with Crippen LogP contribution in [0.4, 0.5) is 14.5 Å². The van der Waals surface area contributed by atoms with Gasteiger partial charge in [-0.05, 0) is 12.1 Å². The third-order valence-electron chi connectivity index (χ3n) is 2.28. The number of rotatable bonds is 3. The summed E-state index contributed by atoms with van der Waals surface area (Å²) >= 11 is 0. The number of hydrogen-bond acceptors (Lipinski definition) is 3. The van der Waals surface area contributed by atoms with Crippen LogP contribution in [0.3, 0.4) is 0 Å². The highest BCUT2D eigenvalue weighted by atomic mass is 19.1. The van der Waals surface area contributed by atoms with E-state index in [1.54, 1.807) is 0 Å². The average molecular weight is 237 g/mol. The van der Waals surface area contributed by atoms with Crippen LogP contribution in [0.15, 0.2) is 24.5 Å². The van der Waals surface area contributed by atoms with E-state index < -0.39 is 23.0 Å². The Morgan fingerprint density at radius 2 is 2.18 bits per heavy atom. The number of halogens is 2. The number of Topliss-reactive ketones (excluding diaryl/α,β-unsaturated/α-hetero) is 1. The zero-order chi connectivity index (χ0) is 12.4. The summed E-state index contributed by atoms with van der Waals surface area (Å²) in [6, 6.07) is 2.04. The predicted molar refractivity (Wildman–Crippen MR) is 57.4 cm³/mol. The Kier molecular flexibility index (Phi) is 2.86. The highest BCUT2D eigenvalue weighted by molar-refractivity contribution is 5.98. The van der Waals surface area contributed by atoms with E-state index in [9.17, 15) is 13.6 Å². The van der Waals surface area contributed by atoms with Gasteiger partial charge in [-0.25, -0.2) is 13.8 Å². The van der Waals surface area contributed by atoms with Crippen molar-refractivity contribution < 1.29 is 13.6 Å². The number of nitrogens with two attached hydrogens (primary N) is 1. The van der Waals surface area contributed by atoms with Crippen LogP contribution in [0.1, 0.15) is 16.2 Å². The van der Waals surface area contributed by atoms with Crippen molar-refractivity contribution in [3.63, 3.8) is 0 Å². The fourth-order valence-corrected chi connectivity index (χ4v) is 1.46. The van der Waals surface area contributed by atoms with Crippen molar-refractivity contribution in [1.29, 1.82) is 0 Å². The molecule has 0 unspecified atom stereocenters. The Labute approximate surface area is 95.5 Å². The van der Waals surface area contributed by atoms with E-state index in [1.807, 2.05) is 0 Å². The maximum absolute atomic E-state index is 13.5. The molecule has 17 heavy (non-hydrogen) atoms. The fourth-order valence-electron chi connectivity index (χ4n) is 1.46. The monoisotopic (exact) mass is 237 g/mol. The second-order valence-corrected chi connectivity index (χ2v) is 3.46. The third-order valence-corrected chi connectivity index (χ3v) is 2.28. The van der Waals surface area contributed by atoms with Gasteiger partial charge in [-0.15, -0.1) is 0 Å². The SMILES string of the molecule is Nc1ccc(F)c(C(=O)Cc2ncc[nH]2)c1F. The first kappa shape index (κ1) is 11.3. The number of nitrogens with zero attached hydrogens (tertiary/aromatic N) is 1. The molecule has 0 fully saturated rings. The molecule has 0 atom stereocenters. The van der Waals surface area contributed by atoms with Gasteiger partial charge < -0.3 is 10.7 Å². The lowest BCUT2D eigenvalue weighted by Gasteiger charge is -2.05. The van der Waals surface area contributed by atoms with Gasteiger partial charge in [-0.2, -0.15) is 0 Å². The van der Waals surface area contributed by atoms with Crippen LogP contribution < -0.4 is 5.73 Å². The molecule has 1 aromatic heterocycles. The molecule has 6 heteroatoms. The summed E-state index contributed by atoms with van der Waals surface area (Å²) in [6.07, 6.45) is 2.77. The van der Waals surface area contributed by atoms with E-state index in [0.717, 1.165) is 12.1 Å². The molecule has 0 saturated heterocycles. The Hall–Kier alpha value is -2.24. The molecule has 4 nitrogen and oxygen atoms in total. The Morgan fingerprint density at radius 3 is 2.82 bits per heavy atom. The number of hydrogen-bond donors (Lipinski definition) is 2. The van der Waals surface area contributed by atoms with Crippen LogP contribution in [0, 0.1) is 11.6 Å². The van der Waals surface area contributed by atoms with Crippen molar-refractivity contribution in [2.75, 3.05) is 5.73 Å². The Bertz CT molecular complexity index is 552. The van der Waals surface area contributed by atoms with Crippen molar-refractivity contribution >= 4 is 11.5 Å². The maximum atomic E-state index is 13.5. The third kappa shape index (κ3) is 2.15.